The van der Waals surface area contributed by atoms with Gasteiger partial charge in [-0.15, -0.1) is 4.91 Å². The van der Waals surface area contributed by atoms with E-state index in [1.807, 2.05) is 0 Å². The normalized spacial score (nSPS) is 21.9. The second kappa shape index (κ2) is 3.48. The van der Waals surface area contributed by atoms with Crippen molar-refractivity contribution in [1.82, 2.24) is 0 Å². The second-order valence-electron chi connectivity index (χ2n) is 2.92. The van der Waals surface area contributed by atoms with Gasteiger partial charge in [-0.3, -0.25) is 0 Å². The molecule has 1 aromatic rings. The molecular formula is C8H6ClN3O3. The molecule has 15 heavy (non-hydrogen) atoms. The fraction of sp³-hybridized carbons (Fsp3) is 0.125. The Morgan fingerprint density at radius 3 is 2.80 bits per heavy atom. The Morgan fingerprint density at radius 2 is 2.20 bits per heavy atom. The molecule has 1 unspecified atom stereocenters. The van der Waals surface area contributed by atoms with Crippen LogP contribution in [0.5, 0.6) is 0 Å². The molecule has 0 radical (unpaired) electrons. The number of nitroso groups, excluding NO2 is 1. The molecule has 0 fully saturated rings. The molecule has 6 nitrogen and oxygen atoms in total. The lowest BCUT2D eigenvalue weighted by Crippen LogP contribution is -2.30. The highest BCUT2D eigenvalue weighted by atomic mass is 35.5. The average Bonchev–Trinajstić information content (AvgIpc) is 2.51. The summed E-state index contributed by atoms with van der Waals surface area (Å²) in [6.45, 7) is 0. The summed E-state index contributed by atoms with van der Waals surface area (Å²) in [7, 11) is 0. The molecule has 2 rings (SSSR count). The van der Waals surface area contributed by atoms with Crippen molar-refractivity contribution in [3.63, 3.8) is 0 Å². The third kappa shape index (κ3) is 1.26. The highest BCUT2D eigenvalue weighted by Gasteiger charge is 2.37. The Hall–Kier alpha value is -1.66. The SMILES string of the molecule is O=NN1c2cccc(Cl)c2/C(=N\O)C1O. The molecule has 1 atom stereocenters. The number of halogens is 1. The maximum absolute atomic E-state index is 10.5. The van der Waals surface area contributed by atoms with E-state index in [-0.39, 0.29) is 10.7 Å². The molecule has 0 bridgehead atoms. The number of aliphatic hydroxyl groups excluding tert-OH is 1. The predicted molar refractivity (Wildman–Crippen MR) is 54.1 cm³/mol. The van der Waals surface area contributed by atoms with Crippen molar-refractivity contribution in [2.45, 2.75) is 6.23 Å². The fourth-order valence-electron chi connectivity index (χ4n) is 1.52. The molecule has 1 aromatic carbocycles. The fourth-order valence-corrected chi connectivity index (χ4v) is 1.79. The number of oxime groups is 1. The van der Waals surface area contributed by atoms with Crippen molar-refractivity contribution < 1.29 is 10.3 Å². The Morgan fingerprint density at radius 1 is 1.47 bits per heavy atom. The first-order valence-corrected chi connectivity index (χ1v) is 4.40. The number of anilines is 1. The van der Waals surface area contributed by atoms with Crippen LogP contribution in [0.2, 0.25) is 5.02 Å². The van der Waals surface area contributed by atoms with E-state index in [1.165, 1.54) is 0 Å². The van der Waals surface area contributed by atoms with Gasteiger partial charge in [-0.05, 0) is 12.1 Å². The zero-order valence-electron chi connectivity index (χ0n) is 7.33. The standard InChI is InChI=1S/C8H6ClN3O3/c9-4-2-1-3-5-6(4)7(10-14)8(13)12(5)11-15/h1-3,8,13-14H/b10-7+. The van der Waals surface area contributed by atoms with Gasteiger partial charge in [0.05, 0.1) is 16.0 Å². The second-order valence-corrected chi connectivity index (χ2v) is 3.33. The van der Waals surface area contributed by atoms with Gasteiger partial charge in [0.1, 0.15) is 5.71 Å². The Bertz CT molecular complexity index is 449. The largest absolute Gasteiger partial charge is 0.410 e. The van der Waals surface area contributed by atoms with Crippen LogP contribution in [0.25, 0.3) is 0 Å². The Kier molecular flexibility index (Phi) is 2.29. The van der Waals surface area contributed by atoms with Gasteiger partial charge in [0, 0.05) is 5.56 Å². The van der Waals surface area contributed by atoms with Crippen LogP contribution < -0.4 is 5.01 Å². The molecule has 0 spiro atoms. The molecule has 2 N–H and O–H groups in total. The molecule has 0 amide bonds. The predicted octanol–water partition coefficient (Wildman–Crippen LogP) is 1.34. The van der Waals surface area contributed by atoms with Gasteiger partial charge in [-0.1, -0.05) is 22.8 Å². The van der Waals surface area contributed by atoms with Gasteiger partial charge in [0.2, 0.25) is 0 Å². The molecule has 1 aliphatic heterocycles. The summed E-state index contributed by atoms with van der Waals surface area (Å²) in [5.74, 6) is 0. The van der Waals surface area contributed by atoms with Gasteiger partial charge in [0.15, 0.2) is 6.23 Å². The van der Waals surface area contributed by atoms with Crippen LogP contribution in [-0.4, -0.2) is 22.3 Å². The third-order valence-corrected chi connectivity index (χ3v) is 2.48. The van der Waals surface area contributed by atoms with E-state index in [2.05, 4.69) is 10.4 Å². The van der Waals surface area contributed by atoms with E-state index in [0.29, 0.717) is 11.3 Å². The van der Waals surface area contributed by atoms with Crippen LogP contribution in [0.3, 0.4) is 0 Å². The minimum absolute atomic E-state index is 0.0878. The van der Waals surface area contributed by atoms with E-state index >= 15 is 0 Å². The van der Waals surface area contributed by atoms with Crippen molar-refractivity contribution in [3.8, 4) is 0 Å². The van der Waals surface area contributed by atoms with Crippen LogP contribution in [0.15, 0.2) is 28.6 Å². The smallest absolute Gasteiger partial charge is 0.198 e. The summed E-state index contributed by atoms with van der Waals surface area (Å²) in [6, 6.07) is 4.71. The number of hydrogen-bond acceptors (Lipinski definition) is 5. The minimum Gasteiger partial charge on any atom is -0.410 e. The van der Waals surface area contributed by atoms with E-state index in [4.69, 9.17) is 16.8 Å². The quantitative estimate of drug-likeness (QED) is 0.431. The number of hydrogen-bond donors (Lipinski definition) is 2. The monoisotopic (exact) mass is 227 g/mol. The van der Waals surface area contributed by atoms with Gasteiger partial charge in [-0.25, -0.2) is 0 Å². The summed E-state index contributed by atoms with van der Waals surface area (Å²) in [5, 5.41) is 24.9. The number of fused-ring (bicyclic) bond motifs is 1. The zero-order chi connectivity index (χ0) is 11.0. The molecule has 0 aliphatic carbocycles. The maximum Gasteiger partial charge on any atom is 0.198 e. The number of benzene rings is 1. The van der Waals surface area contributed by atoms with Crippen LogP contribution in [-0.2, 0) is 0 Å². The first kappa shape index (κ1) is 9.88. The van der Waals surface area contributed by atoms with Crippen molar-refractivity contribution >= 4 is 23.0 Å². The lowest BCUT2D eigenvalue weighted by atomic mass is 10.1. The van der Waals surface area contributed by atoms with Crippen LogP contribution in [0.1, 0.15) is 5.56 Å². The molecule has 0 aromatic heterocycles. The summed E-state index contributed by atoms with van der Waals surface area (Å²) >= 11 is 5.86. The maximum atomic E-state index is 10.5. The third-order valence-electron chi connectivity index (χ3n) is 2.17. The summed E-state index contributed by atoms with van der Waals surface area (Å²) in [4.78, 5) is 10.5. The highest BCUT2D eigenvalue weighted by molar-refractivity contribution is 6.36. The molecule has 78 valence electrons. The number of nitrogens with zero attached hydrogens (tertiary/aromatic N) is 3. The lowest BCUT2D eigenvalue weighted by Gasteiger charge is -2.11. The molecular weight excluding hydrogens is 222 g/mol. The van der Waals surface area contributed by atoms with Gasteiger partial charge in [0.25, 0.3) is 0 Å². The Labute approximate surface area is 89.3 Å². The van der Waals surface area contributed by atoms with Gasteiger partial charge < -0.3 is 10.3 Å². The van der Waals surface area contributed by atoms with Crippen LogP contribution >= 0.6 is 11.6 Å². The Balaban J connectivity index is 2.69. The molecule has 7 heteroatoms. The van der Waals surface area contributed by atoms with Crippen molar-refractivity contribution in [2.24, 2.45) is 10.4 Å². The van der Waals surface area contributed by atoms with Gasteiger partial charge in [-0.2, -0.15) is 5.01 Å². The van der Waals surface area contributed by atoms with E-state index in [0.717, 1.165) is 5.01 Å². The first-order chi connectivity index (χ1) is 7.20. The van der Waals surface area contributed by atoms with E-state index in [9.17, 15) is 10.0 Å². The van der Waals surface area contributed by atoms with Crippen LogP contribution in [0.4, 0.5) is 5.69 Å². The van der Waals surface area contributed by atoms with Crippen molar-refractivity contribution in [2.75, 3.05) is 5.01 Å². The van der Waals surface area contributed by atoms with E-state index in [1.54, 1.807) is 18.2 Å². The molecule has 1 heterocycles. The first-order valence-electron chi connectivity index (χ1n) is 4.02. The number of aliphatic hydroxyl groups is 1. The van der Waals surface area contributed by atoms with Crippen molar-refractivity contribution in [3.05, 3.63) is 33.7 Å². The van der Waals surface area contributed by atoms with E-state index < -0.39 is 6.23 Å². The number of rotatable bonds is 1. The van der Waals surface area contributed by atoms with Gasteiger partial charge >= 0.3 is 0 Å². The minimum atomic E-state index is -1.40. The zero-order valence-corrected chi connectivity index (χ0v) is 8.09. The summed E-state index contributed by atoms with van der Waals surface area (Å²) < 4.78 is 0. The highest BCUT2D eigenvalue weighted by Crippen LogP contribution is 2.36. The summed E-state index contributed by atoms with van der Waals surface area (Å²) in [5.41, 5.74) is 0.543. The molecule has 0 saturated heterocycles. The summed E-state index contributed by atoms with van der Waals surface area (Å²) in [6.07, 6.45) is -1.40. The molecule has 1 aliphatic rings. The lowest BCUT2D eigenvalue weighted by molar-refractivity contribution is 0.230. The average molecular weight is 228 g/mol. The van der Waals surface area contributed by atoms with Crippen LogP contribution in [0, 0.1) is 4.91 Å². The molecule has 0 saturated carbocycles. The van der Waals surface area contributed by atoms with Crippen molar-refractivity contribution in [1.29, 1.82) is 0 Å². The topological polar surface area (TPSA) is 85.5 Å².